The van der Waals surface area contributed by atoms with Crippen LogP contribution in [0.1, 0.15) is 23.2 Å². The van der Waals surface area contributed by atoms with Gasteiger partial charge in [0, 0.05) is 29.9 Å². The Labute approximate surface area is 150 Å². The fraction of sp³-hybridized carbons (Fsp3) is 0.211. The summed E-state index contributed by atoms with van der Waals surface area (Å²) in [7, 11) is 0. The van der Waals surface area contributed by atoms with Gasteiger partial charge in [-0.05, 0) is 55.0 Å². The summed E-state index contributed by atoms with van der Waals surface area (Å²) in [5.74, 6) is -0.209. The number of nitrogens with zero attached hydrogens (tertiary/aromatic N) is 1. The van der Waals surface area contributed by atoms with Crippen molar-refractivity contribution in [1.29, 1.82) is 0 Å². The van der Waals surface area contributed by atoms with Crippen molar-refractivity contribution < 1.29 is 19.1 Å². The molecule has 0 radical (unpaired) electrons. The second-order valence-corrected chi connectivity index (χ2v) is 5.93. The van der Waals surface area contributed by atoms with Crippen LogP contribution in [0.25, 0.3) is 0 Å². The monoisotopic (exact) mass is 353 g/mol. The number of nitrogens with two attached hydrogens (primary N) is 1. The maximum absolute atomic E-state index is 12.3. The van der Waals surface area contributed by atoms with Gasteiger partial charge in [-0.2, -0.15) is 0 Å². The molecule has 3 N–H and O–H groups in total. The van der Waals surface area contributed by atoms with E-state index in [9.17, 15) is 14.4 Å². The van der Waals surface area contributed by atoms with Crippen molar-refractivity contribution in [2.45, 2.75) is 12.8 Å². The quantitative estimate of drug-likeness (QED) is 0.828. The molecule has 134 valence electrons. The number of rotatable bonds is 6. The molecule has 7 heteroatoms. The average molecular weight is 353 g/mol. The molecular formula is C19H19N3O4. The van der Waals surface area contributed by atoms with Gasteiger partial charge in [0.15, 0.2) is 6.61 Å². The molecule has 26 heavy (non-hydrogen) atoms. The molecule has 7 nitrogen and oxygen atoms in total. The summed E-state index contributed by atoms with van der Waals surface area (Å²) >= 11 is 0. The molecule has 1 heterocycles. The van der Waals surface area contributed by atoms with Gasteiger partial charge in [-0.3, -0.25) is 14.4 Å². The van der Waals surface area contributed by atoms with E-state index in [4.69, 9.17) is 10.5 Å². The Morgan fingerprint density at radius 1 is 1.08 bits per heavy atom. The molecule has 0 aromatic heterocycles. The highest BCUT2D eigenvalue weighted by molar-refractivity contribution is 6.04. The summed E-state index contributed by atoms with van der Waals surface area (Å²) in [5.41, 5.74) is 6.91. The van der Waals surface area contributed by atoms with Crippen LogP contribution in [-0.4, -0.2) is 30.9 Å². The maximum Gasteiger partial charge on any atom is 0.255 e. The number of primary amides is 1. The topological polar surface area (TPSA) is 102 Å². The van der Waals surface area contributed by atoms with Gasteiger partial charge in [0.2, 0.25) is 5.91 Å². The van der Waals surface area contributed by atoms with Gasteiger partial charge in [-0.1, -0.05) is 0 Å². The summed E-state index contributed by atoms with van der Waals surface area (Å²) in [6, 6.07) is 13.6. The van der Waals surface area contributed by atoms with Crippen molar-refractivity contribution in [3.8, 4) is 5.75 Å². The SMILES string of the molecule is NC(=O)COc1ccc(NC(=O)c2ccc(N3CCCC3=O)cc2)cc1. The van der Waals surface area contributed by atoms with Crippen molar-refractivity contribution in [1.82, 2.24) is 0 Å². The molecule has 0 aliphatic carbocycles. The largest absolute Gasteiger partial charge is 0.484 e. The van der Waals surface area contributed by atoms with E-state index in [1.165, 1.54) is 0 Å². The number of carbonyl (C=O) groups is 3. The third kappa shape index (κ3) is 4.18. The van der Waals surface area contributed by atoms with E-state index in [0.717, 1.165) is 12.1 Å². The van der Waals surface area contributed by atoms with Crippen LogP contribution in [0.15, 0.2) is 48.5 Å². The Balaban J connectivity index is 1.60. The van der Waals surface area contributed by atoms with Gasteiger partial charge in [0.1, 0.15) is 5.75 Å². The van der Waals surface area contributed by atoms with Crippen LogP contribution in [0.5, 0.6) is 5.75 Å². The lowest BCUT2D eigenvalue weighted by Gasteiger charge is -2.15. The average Bonchev–Trinajstić information content (AvgIpc) is 3.07. The first kappa shape index (κ1) is 17.5. The van der Waals surface area contributed by atoms with Crippen molar-refractivity contribution in [2.75, 3.05) is 23.4 Å². The first-order valence-electron chi connectivity index (χ1n) is 8.26. The third-order valence-electron chi connectivity index (χ3n) is 4.01. The predicted molar refractivity (Wildman–Crippen MR) is 97.1 cm³/mol. The van der Waals surface area contributed by atoms with Gasteiger partial charge >= 0.3 is 0 Å². The molecule has 1 aliphatic rings. The Morgan fingerprint density at radius 2 is 1.77 bits per heavy atom. The molecule has 2 aromatic rings. The first-order chi connectivity index (χ1) is 12.5. The molecule has 0 atom stereocenters. The predicted octanol–water partition coefficient (Wildman–Crippen LogP) is 1.93. The number of hydrogen-bond donors (Lipinski definition) is 2. The van der Waals surface area contributed by atoms with Crippen LogP contribution in [-0.2, 0) is 9.59 Å². The molecule has 3 amide bonds. The molecule has 0 bridgehead atoms. The van der Waals surface area contributed by atoms with Gasteiger partial charge in [-0.25, -0.2) is 0 Å². The third-order valence-corrected chi connectivity index (χ3v) is 4.01. The molecular weight excluding hydrogens is 334 g/mol. The number of amides is 3. The van der Waals surface area contributed by atoms with Crippen LogP contribution in [0.2, 0.25) is 0 Å². The van der Waals surface area contributed by atoms with Crippen molar-refractivity contribution in [3.05, 3.63) is 54.1 Å². The fourth-order valence-corrected chi connectivity index (χ4v) is 2.71. The first-order valence-corrected chi connectivity index (χ1v) is 8.26. The van der Waals surface area contributed by atoms with Gasteiger partial charge in [0.25, 0.3) is 11.8 Å². The van der Waals surface area contributed by atoms with Crippen LogP contribution in [0, 0.1) is 0 Å². The normalized spacial score (nSPS) is 13.5. The Morgan fingerprint density at radius 3 is 2.35 bits per heavy atom. The van der Waals surface area contributed by atoms with E-state index < -0.39 is 5.91 Å². The lowest BCUT2D eigenvalue weighted by atomic mass is 10.1. The summed E-state index contributed by atoms with van der Waals surface area (Å²) in [5, 5.41) is 2.78. The molecule has 0 unspecified atom stereocenters. The lowest BCUT2D eigenvalue weighted by Crippen LogP contribution is -2.23. The van der Waals surface area contributed by atoms with Crippen molar-refractivity contribution in [3.63, 3.8) is 0 Å². The summed E-state index contributed by atoms with van der Waals surface area (Å²) in [6.45, 7) is 0.520. The minimum absolute atomic E-state index is 0.112. The molecule has 1 aliphatic heterocycles. The van der Waals surface area contributed by atoms with Crippen molar-refractivity contribution >= 4 is 29.1 Å². The zero-order chi connectivity index (χ0) is 18.5. The molecule has 1 fully saturated rings. The highest BCUT2D eigenvalue weighted by atomic mass is 16.5. The maximum atomic E-state index is 12.3. The second-order valence-electron chi connectivity index (χ2n) is 5.93. The molecule has 1 saturated heterocycles. The molecule has 3 rings (SSSR count). The number of benzene rings is 2. The second kappa shape index (κ2) is 7.69. The fourth-order valence-electron chi connectivity index (χ4n) is 2.71. The van der Waals surface area contributed by atoms with Crippen LogP contribution in [0.4, 0.5) is 11.4 Å². The Hall–Kier alpha value is -3.35. The molecule has 0 spiro atoms. The Bertz CT molecular complexity index is 816. The molecule has 2 aromatic carbocycles. The van der Waals surface area contributed by atoms with Crippen LogP contribution >= 0.6 is 0 Å². The number of carbonyl (C=O) groups excluding carboxylic acids is 3. The summed E-state index contributed by atoms with van der Waals surface area (Å²) in [6.07, 6.45) is 1.43. The zero-order valence-electron chi connectivity index (χ0n) is 14.1. The number of hydrogen-bond acceptors (Lipinski definition) is 4. The molecule has 0 saturated carbocycles. The Kier molecular flexibility index (Phi) is 5.17. The number of anilines is 2. The van der Waals surface area contributed by atoms with E-state index in [-0.39, 0.29) is 18.4 Å². The van der Waals surface area contributed by atoms with E-state index in [0.29, 0.717) is 30.0 Å². The smallest absolute Gasteiger partial charge is 0.255 e. The standard InChI is InChI=1S/C19H19N3O4/c20-17(23)12-26-16-9-5-14(6-10-16)21-19(25)13-3-7-15(8-4-13)22-11-1-2-18(22)24/h3-10H,1-2,11-12H2,(H2,20,23)(H,21,25). The van der Waals surface area contributed by atoms with Crippen molar-refractivity contribution in [2.24, 2.45) is 5.73 Å². The van der Waals surface area contributed by atoms with E-state index in [1.54, 1.807) is 53.4 Å². The zero-order valence-corrected chi connectivity index (χ0v) is 14.1. The summed E-state index contributed by atoms with van der Waals surface area (Å²) in [4.78, 5) is 36.5. The van der Waals surface area contributed by atoms with Gasteiger partial charge in [0.05, 0.1) is 0 Å². The minimum Gasteiger partial charge on any atom is -0.484 e. The highest BCUT2D eigenvalue weighted by Crippen LogP contribution is 2.22. The number of nitrogens with one attached hydrogen (secondary N) is 1. The lowest BCUT2D eigenvalue weighted by molar-refractivity contribution is -0.120. The summed E-state index contributed by atoms with van der Waals surface area (Å²) < 4.78 is 5.16. The van der Waals surface area contributed by atoms with Crippen LogP contribution < -0.4 is 20.7 Å². The van der Waals surface area contributed by atoms with E-state index in [2.05, 4.69) is 5.32 Å². The van der Waals surface area contributed by atoms with E-state index in [1.807, 2.05) is 0 Å². The van der Waals surface area contributed by atoms with Crippen LogP contribution in [0.3, 0.4) is 0 Å². The van der Waals surface area contributed by atoms with Gasteiger partial charge in [-0.15, -0.1) is 0 Å². The highest BCUT2D eigenvalue weighted by Gasteiger charge is 2.21. The minimum atomic E-state index is -0.554. The number of ether oxygens (including phenoxy) is 1. The van der Waals surface area contributed by atoms with E-state index >= 15 is 0 Å². The van der Waals surface area contributed by atoms with Gasteiger partial charge < -0.3 is 20.7 Å².